The van der Waals surface area contributed by atoms with Crippen LogP contribution in [0.3, 0.4) is 0 Å². The van der Waals surface area contributed by atoms with Crippen LogP contribution < -0.4 is 0 Å². The second kappa shape index (κ2) is 6.60. The number of hydrogen-bond acceptors (Lipinski definition) is 6. The van der Waals surface area contributed by atoms with Gasteiger partial charge in [0.25, 0.3) is 0 Å². The van der Waals surface area contributed by atoms with Crippen molar-refractivity contribution in [3.05, 3.63) is 48.2 Å². The quantitative estimate of drug-likeness (QED) is 0.511. The van der Waals surface area contributed by atoms with Crippen LogP contribution in [-0.2, 0) is 17.1 Å². The molecule has 4 aromatic heterocycles. The van der Waals surface area contributed by atoms with E-state index in [4.69, 9.17) is 0 Å². The highest BCUT2D eigenvalue weighted by atomic mass is 32.2. The Labute approximate surface area is 168 Å². The highest BCUT2D eigenvalue weighted by Gasteiger charge is 2.33. The Morgan fingerprint density at radius 2 is 2.07 bits per heavy atom. The van der Waals surface area contributed by atoms with Crippen LogP contribution in [0.5, 0.6) is 0 Å². The minimum absolute atomic E-state index is 0.00672. The van der Waals surface area contributed by atoms with E-state index in [-0.39, 0.29) is 10.8 Å². The fraction of sp³-hybridized carbons (Fsp3) is 0.368. The lowest BCUT2D eigenvalue weighted by Crippen LogP contribution is -2.39. The minimum Gasteiger partial charge on any atom is -0.286 e. The van der Waals surface area contributed by atoms with E-state index in [2.05, 4.69) is 20.3 Å². The van der Waals surface area contributed by atoms with Gasteiger partial charge in [0, 0.05) is 43.8 Å². The molecule has 5 heterocycles. The van der Waals surface area contributed by atoms with Gasteiger partial charge in [-0.05, 0) is 38.0 Å². The zero-order valence-electron chi connectivity index (χ0n) is 16.2. The standard InChI is InChI=1S/C19H21N7O2S/c1-13-16-10-15(11-20-19(16)24(2)23-13)29(27,28)25-8-5-6-14(12-25)18-22-21-17-7-3-4-9-26(17)18/h3-4,7,9-11,14H,5-6,8,12H2,1-2H3/t14-/m0/s1. The molecule has 0 aromatic carbocycles. The van der Waals surface area contributed by atoms with Gasteiger partial charge in [0.05, 0.1) is 5.69 Å². The molecule has 10 heteroatoms. The minimum atomic E-state index is -3.66. The maximum atomic E-state index is 13.3. The molecular weight excluding hydrogens is 390 g/mol. The molecule has 5 rings (SSSR count). The van der Waals surface area contributed by atoms with E-state index in [0.717, 1.165) is 35.4 Å². The third-order valence-electron chi connectivity index (χ3n) is 5.57. The summed E-state index contributed by atoms with van der Waals surface area (Å²) in [7, 11) is -1.86. The van der Waals surface area contributed by atoms with Gasteiger partial charge in [-0.1, -0.05) is 6.07 Å². The van der Waals surface area contributed by atoms with Gasteiger partial charge in [-0.3, -0.25) is 9.08 Å². The zero-order chi connectivity index (χ0) is 20.2. The number of pyridine rings is 2. The first kappa shape index (κ1) is 18.2. The van der Waals surface area contributed by atoms with Crippen molar-refractivity contribution in [2.75, 3.05) is 13.1 Å². The summed E-state index contributed by atoms with van der Waals surface area (Å²) < 4.78 is 31.8. The van der Waals surface area contributed by atoms with E-state index in [1.165, 1.54) is 6.20 Å². The topological polar surface area (TPSA) is 98.3 Å². The Hall–Kier alpha value is -2.85. The van der Waals surface area contributed by atoms with E-state index >= 15 is 0 Å². The van der Waals surface area contributed by atoms with Crippen molar-refractivity contribution >= 4 is 26.7 Å². The lowest BCUT2D eigenvalue weighted by Gasteiger charge is -2.31. The molecule has 0 aliphatic carbocycles. The number of fused-ring (bicyclic) bond motifs is 2. The lowest BCUT2D eigenvalue weighted by atomic mass is 9.99. The average Bonchev–Trinajstić information content (AvgIpc) is 3.29. The van der Waals surface area contributed by atoms with E-state index in [1.807, 2.05) is 35.7 Å². The number of sulfonamides is 1. The number of aromatic nitrogens is 6. The van der Waals surface area contributed by atoms with Gasteiger partial charge >= 0.3 is 0 Å². The van der Waals surface area contributed by atoms with E-state index < -0.39 is 10.0 Å². The molecule has 0 spiro atoms. The second-order valence-corrected chi connectivity index (χ2v) is 9.38. The Morgan fingerprint density at radius 1 is 1.21 bits per heavy atom. The number of aryl methyl sites for hydroxylation is 2. The molecule has 150 valence electrons. The molecular formula is C19H21N7O2S. The summed E-state index contributed by atoms with van der Waals surface area (Å²) >= 11 is 0. The van der Waals surface area contributed by atoms with E-state index in [1.54, 1.807) is 22.1 Å². The Kier molecular flexibility index (Phi) is 4.14. The van der Waals surface area contributed by atoms with Gasteiger partial charge in [-0.2, -0.15) is 9.40 Å². The van der Waals surface area contributed by atoms with Gasteiger partial charge < -0.3 is 0 Å². The largest absolute Gasteiger partial charge is 0.286 e. The molecule has 29 heavy (non-hydrogen) atoms. The smallest absolute Gasteiger partial charge is 0.244 e. The maximum absolute atomic E-state index is 13.3. The van der Waals surface area contributed by atoms with Crippen molar-refractivity contribution in [1.29, 1.82) is 0 Å². The van der Waals surface area contributed by atoms with Crippen molar-refractivity contribution in [3.63, 3.8) is 0 Å². The second-order valence-electron chi connectivity index (χ2n) is 7.44. The normalized spacial score (nSPS) is 18.6. The first-order chi connectivity index (χ1) is 13.9. The first-order valence-electron chi connectivity index (χ1n) is 9.54. The molecule has 4 aromatic rings. The van der Waals surface area contributed by atoms with Gasteiger partial charge in [-0.15, -0.1) is 10.2 Å². The third kappa shape index (κ3) is 2.90. The third-order valence-corrected chi connectivity index (χ3v) is 7.40. The fourth-order valence-electron chi connectivity index (χ4n) is 4.09. The van der Waals surface area contributed by atoms with Crippen molar-refractivity contribution in [1.82, 2.24) is 33.7 Å². The van der Waals surface area contributed by atoms with Gasteiger partial charge in [0.15, 0.2) is 11.3 Å². The Bertz CT molecular complexity index is 1330. The van der Waals surface area contributed by atoms with E-state index in [0.29, 0.717) is 18.7 Å². The summed E-state index contributed by atoms with van der Waals surface area (Å²) in [5.41, 5.74) is 2.20. The molecule has 1 atom stereocenters. The summed E-state index contributed by atoms with van der Waals surface area (Å²) in [5.74, 6) is 0.796. The molecule has 1 fully saturated rings. The molecule has 1 saturated heterocycles. The van der Waals surface area contributed by atoms with Gasteiger partial charge in [0.2, 0.25) is 10.0 Å². The fourth-order valence-corrected chi connectivity index (χ4v) is 5.59. The van der Waals surface area contributed by atoms with Crippen molar-refractivity contribution in [3.8, 4) is 0 Å². The average molecular weight is 411 g/mol. The van der Waals surface area contributed by atoms with E-state index in [9.17, 15) is 8.42 Å². The molecule has 1 aliphatic heterocycles. The van der Waals surface area contributed by atoms with Gasteiger partial charge in [0.1, 0.15) is 10.7 Å². The van der Waals surface area contributed by atoms with Crippen molar-refractivity contribution in [2.45, 2.75) is 30.6 Å². The van der Waals surface area contributed by atoms with Crippen LogP contribution in [0.25, 0.3) is 16.7 Å². The molecule has 0 saturated carbocycles. The molecule has 0 N–H and O–H groups in total. The highest BCUT2D eigenvalue weighted by Crippen LogP contribution is 2.30. The number of nitrogens with zero attached hydrogens (tertiary/aromatic N) is 7. The van der Waals surface area contributed by atoms with Gasteiger partial charge in [-0.25, -0.2) is 13.4 Å². The van der Waals surface area contributed by atoms with Crippen LogP contribution in [0.2, 0.25) is 0 Å². The summed E-state index contributed by atoms with van der Waals surface area (Å²) in [4.78, 5) is 4.54. The Morgan fingerprint density at radius 3 is 2.93 bits per heavy atom. The van der Waals surface area contributed by atoms with Crippen LogP contribution in [0.1, 0.15) is 30.3 Å². The molecule has 0 unspecified atom stereocenters. The van der Waals surface area contributed by atoms with Crippen LogP contribution >= 0.6 is 0 Å². The lowest BCUT2D eigenvalue weighted by molar-refractivity contribution is 0.308. The summed E-state index contributed by atoms with van der Waals surface area (Å²) in [6, 6.07) is 7.41. The highest BCUT2D eigenvalue weighted by molar-refractivity contribution is 7.89. The molecule has 1 aliphatic rings. The maximum Gasteiger partial charge on any atom is 0.244 e. The van der Waals surface area contributed by atoms with Crippen molar-refractivity contribution in [2.24, 2.45) is 7.05 Å². The molecule has 9 nitrogen and oxygen atoms in total. The predicted molar refractivity (Wildman–Crippen MR) is 107 cm³/mol. The predicted octanol–water partition coefficient (Wildman–Crippen LogP) is 1.89. The summed E-state index contributed by atoms with van der Waals surface area (Å²) in [5, 5.41) is 13.6. The number of hydrogen-bond donors (Lipinski definition) is 0. The van der Waals surface area contributed by atoms with Crippen LogP contribution in [-0.4, -0.2) is 55.2 Å². The molecule has 0 bridgehead atoms. The molecule has 0 amide bonds. The Balaban J connectivity index is 1.49. The van der Waals surface area contributed by atoms with Crippen LogP contribution in [0.15, 0.2) is 41.6 Å². The monoisotopic (exact) mass is 411 g/mol. The first-order valence-corrected chi connectivity index (χ1v) is 11.0. The SMILES string of the molecule is Cc1nn(C)c2ncc(S(=O)(=O)N3CCC[C@H](c4nnc5ccccn45)C3)cc12. The van der Waals surface area contributed by atoms with Crippen LogP contribution in [0, 0.1) is 6.92 Å². The number of piperidine rings is 1. The zero-order valence-corrected chi connectivity index (χ0v) is 17.0. The van der Waals surface area contributed by atoms with Crippen LogP contribution in [0.4, 0.5) is 0 Å². The summed E-state index contributed by atoms with van der Waals surface area (Å²) in [6.45, 7) is 2.72. The van der Waals surface area contributed by atoms with Crippen molar-refractivity contribution < 1.29 is 8.42 Å². The number of rotatable bonds is 3. The molecule has 0 radical (unpaired) electrons. The summed E-state index contributed by atoms with van der Waals surface area (Å²) in [6.07, 6.45) is 4.99.